The highest BCUT2D eigenvalue weighted by atomic mass is 35.5. The molecule has 0 aromatic carbocycles. The van der Waals surface area contributed by atoms with Crippen LogP contribution < -0.4 is 5.32 Å². The number of rotatable bonds is 4. The van der Waals surface area contributed by atoms with Crippen LogP contribution in [0.4, 0.5) is 0 Å². The maximum atomic E-state index is 5.55. The van der Waals surface area contributed by atoms with E-state index in [0.29, 0.717) is 5.41 Å². The van der Waals surface area contributed by atoms with Gasteiger partial charge in [-0.25, -0.2) is 0 Å². The predicted molar refractivity (Wildman–Crippen MR) is 54.4 cm³/mol. The first-order chi connectivity index (χ1) is 5.66. The van der Waals surface area contributed by atoms with Crippen molar-refractivity contribution < 1.29 is 0 Å². The fourth-order valence-electron chi connectivity index (χ4n) is 1.56. The Hall–Kier alpha value is -0.0100. The average molecular weight is 188 g/mol. The summed E-state index contributed by atoms with van der Waals surface area (Å²) < 4.78 is 0. The van der Waals surface area contributed by atoms with Crippen molar-refractivity contribution in [3.63, 3.8) is 0 Å². The molecule has 2 heteroatoms. The molecule has 0 saturated heterocycles. The van der Waals surface area contributed by atoms with Crippen LogP contribution in [0.2, 0.25) is 0 Å². The zero-order valence-corrected chi connectivity index (χ0v) is 8.75. The van der Waals surface area contributed by atoms with Crippen molar-refractivity contribution in [2.75, 3.05) is 13.1 Å². The molecular weight excluding hydrogens is 170 g/mol. The first-order valence-electron chi connectivity index (χ1n) is 4.63. The van der Waals surface area contributed by atoms with Crippen LogP contribution in [0.25, 0.3) is 0 Å². The second-order valence-electron chi connectivity index (χ2n) is 4.22. The summed E-state index contributed by atoms with van der Waals surface area (Å²) in [7, 11) is 0. The van der Waals surface area contributed by atoms with E-state index < -0.39 is 0 Å². The average Bonchev–Trinajstić information content (AvgIpc) is 2.01. The Balaban J connectivity index is 2.09. The van der Waals surface area contributed by atoms with Crippen LogP contribution in [0.5, 0.6) is 0 Å². The summed E-state index contributed by atoms with van der Waals surface area (Å²) in [4.78, 5) is 0. The largest absolute Gasteiger partial charge is 0.312 e. The van der Waals surface area contributed by atoms with Gasteiger partial charge in [0.05, 0.1) is 0 Å². The van der Waals surface area contributed by atoms with Crippen LogP contribution in [0.1, 0.15) is 33.1 Å². The van der Waals surface area contributed by atoms with Gasteiger partial charge in [0.2, 0.25) is 0 Å². The van der Waals surface area contributed by atoms with E-state index in [4.69, 9.17) is 11.6 Å². The molecule has 70 valence electrons. The minimum atomic E-state index is 0.576. The van der Waals surface area contributed by atoms with Gasteiger partial charge < -0.3 is 5.32 Å². The highest BCUT2D eigenvalue weighted by Crippen LogP contribution is 2.39. The van der Waals surface area contributed by atoms with Gasteiger partial charge in [0.1, 0.15) is 0 Å². The predicted octanol–water partition coefficient (Wildman–Crippen LogP) is 2.91. The molecule has 0 amide bonds. The summed E-state index contributed by atoms with van der Waals surface area (Å²) >= 11 is 5.55. The lowest BCUT2D eigenvalue weighted by Crippen LogP contribution is -2.37. The van der Waals surface area contributed by atoms with Crippen LogP contribution in [0.3, 0.4) is 0 Å². The van der Waals surface area contributed by atoms with Gasteiger partial charge in [0, 0.05) is 18.6 Å². The quantitative estimate of drug-likeness (QED) is 0.714. The van der Waals surface area contributed by atoms with E-state index in [0.717, 1.165) is 13.1 Å². The summed E-state index contributed by atoms with van der Waals surface area (Å²) in [6.07, 6.45) is 4.16. The lowest BCUT2D eigenvalue weighted by molar-refractivity contribution is 0.158. The lowest BCUT2D eigenvalue weighted by Gasteiger charge is -2.38. The van der Waals surface area contributed by atoms with E-state index in [1.807, 2.05) is 6.92 Å². The molecule has 1 rings (SSSR count). The molecule has 0 aliphatic heterocycles. The second-order valence-corrected chi connectivity index (χ2v) is 4.44. The van der Waals surface area contributed by atoms with Crippen LogP contribution in [0, 0.1) is 5.41 Å². The van der Waals surface area contributed by atoms with Crippen molar-refractivity contribution >= 4 is 11.6 Å². The minimum Gasteiger partial charge on any atom is -0.312 e. The Morgan fingerprint density at radius 1 is 1.58 bits per heavy atom. The third-order valence-electron chi connectivity index (χ3n) is 2.70. The highest BCUT2D eigenvalue weighted by molar-refractivity contribution is 6.25. The second kappa shape index (κ2) is 4.29. The number of nitrogens with one attached hydrogen (secondary N) is 1. The molecule has 0 bridgehead atoms. The zero-order chi connectivity index (χ0) is 9.03. The normalized spacial score (nSPS) is 22.1. The van der Waals surface area contributed by atoms with Crippen molar-refractivity contribution in [3.05, 3.63) is 11.1 Å². The van der Waals surface area contributed by atoms with Crippen molar-refractivity contribution in [2.24, 2.45) is 5.41 Å². The molecule has 1 fully saturated rings. The molecule has 0 radical (unpaired) electrons. The van der Waals surface area contributed by atoms with Crippen LogP contribution >= 0.6 is 11.6 Å². The van der Waals surface area contributed by atoms with E-state index >= 15 is 0 Å². The van der Waals surface area contributed by atoms with E-state index in [9.17, 15) is 0 Å². The molecule has 1 N–H and O–H groups in total. The molecule has 0 atom stereocenters. The molecule has 0 heterocycles. The molecule has 1 aliphatic carbocycles. The van der Waals surface area contributed by atoms with Crippen molar-refractivity contribution in [2.45, 2.75) is 33.1 Å². The van der Waals surface area contributed by atoms with Gasteiger partial charge in [-0.15, -0.1) is 0 Å². The Morgan fingerprint density at radius 3 is 2.67 bits per heavy atom. The molecule has 1 nitrogen and oxygen atoms in total. The van der Waals surface area contributed by atoms with Crippen LogP contribution in [-0.4, -0.2) is 13.1 Å². The topological polar surface area (TPSA) is 12.0 Å². The highest BCUT2D eigenvalue weighted by Gasteiger charge is 2.30. The fraction of sp³-hybridized carbons (Fsp3) is 0.800. The van der Waals surface area contributed by atoms with Gasteiger partial charge in [-0.2, -0.15) is 0 Å². The smallest absolute Gasteiger partial charge is 0.0173 e. The van der Waals surface area contributed by atoms with Gasteiger partial charge >= 0.3 is 0 Å². The molecule has 0 spiro atoms. The van der Waals surface area contributed by atoms with Gasteiger partial charge in [0.25, 0.3) is 0 Å². The maximum absolute atomic E-state index is 5.55. The van der Waals surface area contributed by atoms with E-state index in [1.54, 1.807) is 5.54 Å². The molecule has 1 saturated carbocycles. The number of hydrogen-bond acceptors (Lipinski definition) is 1. The van der Waals surface area contributed by atoms with Gasteiger partial charge in [-0.05, 0) is 30.8 Å². The van der Waals surface area contributed by atoms with Gasteiger partial charge in [-0.1, -0.05) is 24.9 Å². The molecule has 0 aromatic rings. The standard InChI is InChI=1S/C10H18ClN/c1-9(6-11)7-12-8-10(2)4-3-5-10/h6,12H,3-5,7-8H2,1-2H3. The van der Waals surface area contributed by atoms with Crippen molar-refractivity contribution in [1.29, 1.82) is 0 Å². The number of hydrogen-bond donors (Lipinski definition) is 1. The van der Waals surface area contributed by atoms with Crippen LogP contribution in [0.15, 0.2) is 11.1 Å². The monoisotopic (exact) mass is 187 g/mol. The van der Waals surface area contributed by atoms with Crippen molar-refractivity contribution in [3.8, 4) is 0 Å². The van der Waals surface area contributed by atoms with Crippen LogP contribution in [-0.2, 0) is 0 Å². The van der Waals surface area contributed by atoms with Gasteiger partial charge in [-0.3, -0.25) is 0 Å². The SMILES string of the molecule is CC(=CCl)CNCC1(C)CCC1. The van der Waals surface area contributed by atoms with E-state index in [-0.39, 0.29) is 0 Å². The first-order valence-corrected chi connectivity index (χ1v) is 5.06. The Bertz CT molecular complexity index is 171. The summed E-state index contributed by atoms with van der Waals surface area (Å²) in [5, 5.41) is 3.43. The Kier molecular flexibility index (Phi) is 3.60. The minimum absolute atomic E-state index is 0.576. The third-order valence-corrected chi connectivity index (χ3v) is 3.08. The Labute approximate surface area is 80.2 Å². The third kappa shape index (κ3) is 2.80. The fourth-order valence-corrected chi connectivity index (χ4v) is 1.63. The van der Waals surface area contributed by atoms with E-state index in [2.05, 4.69) is 12.2 Å². The molecule has 1 aliphatic rings. The molecule has 0 aromatic heterocycles. The van der Waals surface area contributed by atoms with Crippen molar-refractivity contribution in [1.82, 2.24) is 5.32 Å². The zero-order valence-electron chi connectivity index (χ0n) is 7.99. The van der Waals surface area contributed by atoms with E-state index in [1.165, 1.54) is 24.8 Å². The summed E-state index contributed by atoms with van der Waals surface area (Å²) in [6.45, 7) is 6.46. The summed E-state index contributed by atoms with van der Waals surface area (Å²) in [5.41, 5.74) is 3.43. The molecule has 0 unspecified atom stereocenters. The molecular formula is C10H18ClN. The summed E-state index contributed by atoms with van der Waals surface area (Å²) in [6, 6.07) is 0. The maximum Gasteiger partial charge on any atom is 0.0173 e. The summed E-state index contributed by atoms with van der Waals surface area (Å²) in [5.74, 6) is 0. The molecule has 12 heavy (non-hydrogen) atoms. The lowest BCUT2D eigenvalue weighted by atomic mass is 9.70. The number of halogens is 1. The Morgan fingerprint density at radius 2 is 2.25 bits per heavy atom. The first kappa shape index (κ1) is 10.1. The van der Waals surface area contributed by atoms with Gasteiger partial charge in [0.15, 0.2) is 0 Å².